The van der Waals surface area contributed by atoms with Crippen molar-refractivity contribution in [1.82, 2.24) is 19.9 Å². The van der Waals surface area contributed by atoms with E-state index in [9.17, 15) is 5.26 Å². The molecule has 9 rings (SSSR count). The molecule has 0 fully saturated rings. The van der Waals surface area contributed by atoms with E-state index in [1.807, 2.05) is 133 Å². The van der Waals surface area contributed by atoms with Gasteiger partial charge >= 0.3 is 0 Å². The quantitative estimate of drug-likeness (QED) is 0.157. The molecule has 0 bridgehead atoms. The molecule has 2 aromatic heterocycles. The molecule has 7 aromatic carbocycles. The van der Waals surface area contributed by atoms with Crippen LogP contribution in [-0.4, -0.2) is 19.9 Å². The molecule has 9 aromatic rings. The zero-order valence-corrected chi connectivity index (χ0v) is 30.3. The SMILES string of the molecule is N#Cc1cccc(-c2cccc(-c3cc(-c4ccccc4)nc(-c4ccccc4)n3)c2)c1-c1cccc(-c2cc(-c3ccccc3)nc(-c3ccccc3)n2)c1. The van der Waals surface area contributed by atoms with E-state index in [0.29, 0.717) is 17.2 Å². The fourth-order valence-corrected chi connectivity index (χ4v) is 7.01. The summed E-state index contributed by atoms with van der Waals surface area (Å²) in [6, 6.07) is 69.6. The van der Waals surface area contributed by atoms with Gasteiger partial charge in [0.25, 0.3) is 0 Å². The van der Waals surface area contributed by atoms with Gasteiger partial charge in [0.15, 0.2) is 11.6 Å². The molecule has 56 heavy (non-hydrogen) atoms. The lowest BCUT2D eigenvalue weighted by molar-refractivity contribution is 1.18. The monoisotopic (exact) mass is 715 g/mol. The Balaban J connectivity index is 1.16. The molecule has 5 nitrogen and oxygen atoms in total. The first kappa shape index (κ1) is 34.0. The van der Waals surface area contributed by atoms with Crippen molar-refractivity contribution in [3.63, 3.8) is 0 Å². The average molecular weight is 716 g/mol. The Morgan fingerprint density at radius 1 is 0.304 bits per heavy atom. The summed E-state index contributed by atoms with van der Waals surface area (Å²) in [6.45, 7) is 0. The predicted molar refractivity (Wildman–Crippen MR) is 226 cm³/mol. The first-order chi connectivity index (χ1) is 27.7. The second kappa shape index (κ2) is 15.3. The first-order valence-corrected chi connectivity index (χ1v) is 18.4. The smallest absolute Gasteiger partial charge is 0.160 e. The average Bonchev–Trinajstić information content (AvgIpc) is 3.29. The molecule has 2 heterocycles. The highest BCUT2D eigenvalue weighted by atomic mass is 14.9. The van der Waals surface area contributed by atoms with E-state index in [0.717, 1.165) is 78.4 Å². The van der Waals surface area contributed by atoms with E-state index >= 15 is 0 Å². The summed E-state index contributed by atoms with van der Waals surface area (Å²) in [7, 11) is 0. The number of hydrogen-bond donors (Lipinski definition) is 0. The number of nitriles is 1. The van der Waals surface area contributed by atoms with Crippen molar-refractivity contribution in [2.75, 3.05) is 0 Å². The summed E-state index contributed by atoms with van der Waals surface area (Å²) >= 11 is 0. The van der Waals surface area contributed by atoms with Crippen molar-refractivity contribution in [3.8, 4) is 96.1 Å². The lowest BCUT2D eigenvalue weighted by atomic mass is 9.89. The third-order valence-corrected chi connectivity index (χ3v) is 9.76. The van der Waals surface area contributed by atoms with Gasteiger partial charge in [-0.2, -0.15) is 5.26 Å². The van der Waals surface area contributed by atoms with Crippen LogP contribution in [0.15, 0.2) is 200 Å². The van der Waals surface area contributed by atoms with Crippen molar-refractivity contribution < 1.29 is 0 Å². The second-order valence-electron chi connectivity index (χ2n) is 13.4. The maximum atomic E-state index is 10.5. The molecule has 0 unspecified atom stereocenters. The standard InChI is InChI=1S/C51H33N5/c52-34-43-28-15-29-44(39-24-13-25-40(30-39)47-32-45(35-16-5-1-6-17-35)53-50(55-47)37-20-9-3-10-21-37)49(43)42-27-14-26-41(31-42)48-33-46(36-18-7-2-8-19-36)54-51(56-48)38-22-11-4-12-23-38/h1-33H. The molecule has 0 aliphatic rings. The molecular weight excluding hydrogens is 683 g/mol. The lowest BCUT2D eigenvalue weighted by Crippen LogP contribution is -1.97. The summed E-state index contributed by atoms with van der Waals surface area (Å²) in [6.07, 6.45) is 0. The Hall–Kier alpha value is -7.81. The molecule has 0 saturated carbocycles. The number of hydrogen-bond acceptors (Lipinski definition) is 5. The Labute approximate surface area is 326 Å². The van der Waals surface area contributed by atoms with Gasteiger partial charge in [0.2, 0.25) is 0 Å². The van der Waals surface area contributed by atoms with Crippen molar-refractivity contribution in [3.05, 3.63) is 206 Å². The Kier molecular flexibility index (Phi) is 9.27. The van der Waals surface area contributed by atoms with E-state index in [-0.39, 0.29) is 0 Å². The summed E-state index contributed by atoms with van der Waals surface area (Å²) in [5, 5.41) is 10.5. The Morgan fingerprint density at radius 2 is 0.661 bits per heavy atom. The van der Waals surface area contributed by atoms with Crippen LogP contribution in [0.4, 0.5) is 0 Å². The van der Waals surface area contributed by atoms with Gasteiger partial charge in [-0.25, -0.2) is 19.9 Å². The van der Waals surface area contributed by atoms with Crippen LogP contribution in [0.3, 0.4) is 0 Å². The van der Waals surface area contributed by atoms with Crippen LogP contribution in [0.2, 0.25) is 0 Å². The Bertz CT molecular complexity index is 2730. The Morgan fingerprint density at radius 3 is 1.12 bits per heavy atom. The van der Waals surface area contributed by atoms with Crippen molar-refractivity contribution in [1.29, 1.82) is 5.26 Å². The fourth-order valence-electron chi connectivity index (χ4n) is 7.01. The topological polar surface area (TPSA) is 75.3 Å². The van der Waals surface area contributed by atoms with E-state index in [1.54, 1.807) is 0 Å². The molecule has 0 radical (unpaired) electrons. The molecule has 0 spiro atoms. The van der Waals surface area contributed by atoms with Crippen LogP contribution >= 0.6 is 0 Å². The van der Waals surface area contributed by atoms with Gasteiger partial charge in [0.1, 0.15) is 0 Å². The molecule has 0 atom stereocenters. The fraction of sp³-hybridized carbons (Fsp3) is 0. The van der Waals surface area contributed by atoms with Crippen LogP contribution in [0, 0.1) is 11.3 Å². The molecule has 0 N–H and O–H groups in total. The number of nitrogens with zero attached hydrogens (tertiary/aromatic N) is 5. The van der Waals surface area contributed by atoms with Crippen molar-refractivity contribution in [2.45, 2.75) is 0 Å². The molecule has 0 aliphatic carbocycles. The van der Waals surface area contributed by atoms with E-state index in [1.165, 1.54) is 0 Å². The molecule has 0 saturated heterocycles. The van der Waals surface area contributed by atoms with Crippen LogP contribution in [0.5, 0.6) is 0 Å². The minimum absolute atomic E-state index is 0.586. The predicted octanol–water partition coefficient (Wildman–Crippen LogP) is 12.5. The van der Waals surface area contributed by atoms with E-state index < -0.39 is 0 Å². The van der Waals surface area contributed by atoms with Gasteiger partial charge < -0.3 is 0 Å². The third-order valence-electron chi connectivity index (χ3n) is 9.76. The molecule has 0 amide bonds. The van der Waals surface area contributed by atoms with Gasteiger partial charge in [-0.15, -0.1) is 0 Å². The van der Waals surface area contributed by atoms with E-state index in [2.05, 4.69) is 72.8 Å². The van der Waals surface area contributed by atoms with Gasteiger partial charge in [-0.1, -0.05) is 170 Å². The van der Waals surface area contributed by atoms with Gasteiger partial charge in [-0.3, -0.25) is 0 Å². The summed E-state index contributed by atoms with van der Waals surface area (Å²) in [4.78, 5) is 20.1. The number of benzene rings is 7. The van der Waals surface area contributed by atoms with Crippen LogP contribution in [0.25, 0.3) is 90.1 Å². The maximum Gasteiger partial charge on any atom is 0.160 e. The van der Waals surface area contributed by atoms with E-state index in [4.69, 9.17) is 19.9 Å². The van der Waals surface area contributed by atoms with Gasteiger partial charge in [-0.05, 0) is 47.0 Å². The molecule has 262 valence electrons. The highest BCUT2D eigenvalue weighted by Crippen LogP contribution is 2.39. The van der Waals surface area contributed by atoms with Gasteiger partial charge in [0.05, 0.1) is 34.4 Å². The minimum Gasteiger partial charge on any atom is -0.228 e. The van der Waals surface area contributed by atoms with Crippen LogP contribution in [0.1, 0.15) is 5.56 Å². The van der Waals surface area contributed by atoms with Crippen LogP contribution in [-0.2, 0) is 0 Å². The lowest BCUT2D eigenvalue weighted by Gasteiger charge is -2.15. The van der Waals surface area contributed by atoms with Crippen molar-refractivity contribution >= 4 is 0 Å². The summed E-state index contributed by atoms with van der Waals surface area (Å²) in [5.41, 5.74) is 13.4. The normalized spacial score (nSPS) is 10.8. The molecule has 5 heteroatoms. The first-order valence-electron chi connectivity index (χ1n) is 18.4. The highest BCUT2D eigenvalue weighted by Gasteiger charge is 2.17. The van der Waals surface area contributed by atoms with Crippen molar-refractivity contribution in [2.24, 2.45) is 0 Å². The number of rotatable bonds is 8. The zero-order valence-electron chi connectivity index (χ0n) is 30.3. The second-order valence-corrected chi connectivity index (χ2v) is 13.4. The number of aromatic nitrogens is 4. The third kappa shape index (κ3) is 6.99. The summed E-state index contributed by atoms with van der Waals surface area (Å²) in [5.74, 6) is 1.31. The highest BCUT2D eigenvalue weighted by molar-refractivity contribution is 5.90. The largest absolute Gasteiger partial charge is 0.228 e. The zero-order chi connectivity index (χ0) is 37.7. The minimum atomic E-state index is 0.586. The maximum absolute atomic E-state index is 10.5. The van der Waals surface area contributed by atoms with Gasteiger partial charge in [0, 0.05) is 38.9 Å². The molecule has 0 aliphatic heterocycles. The summed E-state index contributed by atoms with van der Waals surface area (Å²) < 4.78 is 0. The van der Waals surface area contributed by atoms with Crippen LogP contribution < -0.4 is 0 Å². The molecular formula is C51H33N5.